The summed E-state index contributed by atoms with van der Waals surface area (Å²) in [5, 5.41) is 8.88. The monoisotopic (exact) mass is 252 g/mol. The van der Waals surface area contributed by atoms with Gasteiger partial charge in [0.15, 0.2) is 6.29 Å². The summed E-state index contributed by atoms with van der Waals surface area (Å²) in [7, 11) is 0. The van der Waals surface area contributed by atoms with Crippen molar-refractivity contribution in [3.8, 4) is 5.75 Å². The Morgan fingerprint density at radius 1 is 1.33 bits per heavy atom. The van der Waals surface area contributed by atoms with Gasteiger partial charge in [-0.2, -0.15) is 0 Å². The third kappa shape index (κ3) is 7.16. The molecule has 0 fully saturated rings. The molecule has 1 aromatic carbocycles. The van der Waals surface area contributed by atoms with Crippen LogP contribution in [0.25, 0.3) is 0 Å². The fourth-order valence-corrected chi connectivity index (χ4v) is 1.00. The van der Waals surface area contributed by atoms with Crippen LogP contribution in [-0.4, -0.2) is 29.8 Å². The summed E-state index contributed by atoms with van der Waals surface area (Å²) in [6.45, 7) is 3.40. The Balaban J connectivity index is 0.000000321. The largest absolute Gasteiger partial charge is 0.507 e. The first-order valence-electron chi connectivity index (χ1n) is 5.39. The highest BCUT2D eigenvalue weighted by molar-refractivity contribution is 5.94. The molecule has 98 valence electrons. The fraction of sp³-hybridized carbons (Fsp3) is 0.308. The number of esters is 1. The molecule has 0 aliphatic heterocycles. The Bertz CT molecular complexity index is 412. The molecular weight excluding hydrogens is 236 g/mol. The van der Waals surface area contributed by atoms with Crippen molar-refractivity contribution in [2.45, 2.75) is 20.3 Å². The minimum Gasteiger partial charge on any atom is -0.507 e. The topological polar surface area (TPSA) is 80.7 Å². The molecule has 0 amide bonds. The van der Waals surface area contributed by atoms with E-state index in [1.807, 2.05) is 0 Å². The van der Waals surface area contributed by atoms with Crippen LogP contribution in [0.4, 0.5) is 0 Å². The number of carbonyl (C=O) groups excluding carboxylic acids is 3. The summed E-state index contributed by atoms with van der Waals surface area (Å²) >= 11 is 0. The highest BCUT2D eigenvalue weighted by atomic mass is 16.5. The lowest BCUT2D eigenvalue weighted by molar-refractivity contribution is -0.145. The second-order valence-electron chi connectivity index (χ2n) is 3.36. The lowest BCUT2D eigenvalue weighted by Crippen LogP contribution is -2.07. The average molecular weight is 252 g/mol. The van der Waals surface area contributed by atoms with Crippen LogP contribution in [-0.2, 0) is 14.3 Å². The highest BCUT2D eigenvalue weighted by Gasteiger charge is 2.03. The number of hydrogen-bond acceptors (Lipinski definition) is 5. The van der Waals surface area contributed by atoms with Gasteiger partial charge in [0.2, 0.25) is 0 Å². The predicted octanol–water partition coefficient (Wildman–Crippen LogP) is 1.73. The van der Waals surface area contributed by atoms with Crippen molar-refractivity contribution < 1.29 is 24.2 Å². The molecule has 0 spiro atoms. The first kappa shape index (κ1) is 15.8. The molecular formula is C13H16O5. The number of ketones is 1. The fourth-order valence-electron chi connectivity index (χ4n) is 1.00. The van der Waals surface area contributed by atoms with Crippen LogP contribution in [0.5, 0.6) is 5.75 Å². The van der Waals surface area contributed by atoms with Gasteiger partial charge in [0.25, 0.3) is 0 Å². The van der Waals surface area contributed by atoms with Gasteiger partial charge in [-0.3, -0.25) is 14.4 Å². The first-order chi connectivity index (χ1) is 8.51. The number of benzene rings is 1. The van der Waals surface area contributed by atoms with Crippen molar-refractivity contribution in [3.05, 3.63) is 29.8 Å². The molecule has 0 heterocycles. The summed E-state index contributed by atoms with van der Waals surface area (Å²) in [6.07, 6.45) is 0.517. The lowest BCUT2D eigenvalue weighted by Gasteiger charge is -1.96. The van der Waals surface area contributed by atoms with E-state index in [0.29, 0.717) is 18.5 Å². The maximum atomic E-state index is 10.4. The zero-order chi connectivity index (χ0) is 14.0. The van der Waals surface area contributed by atoms with Crippen molar-refractivity contribution in [3.63, 3.8) is 0 Å². The van der Waals surface area contributed by atoms with Gasteiger partial charge in [0.05, 0.1) is 12.2 Å². The third-order valence-corrected chi connectivity index (χ3v) is 1.76. The molecule has 0 unspecified atom stereocenters. The minimum atomic E-state index is -0.440. The number of carbonyl (C=O) groups is 3. The Morgan fingerprint density at radius 3 is 2.33 bits per heavy atom. The number of para-hydroxylation sites is 1. The molecule has 0 bridgehead atoms. The number of aromatic hydroxyl groups is 1. The molecule has 0 saturated carbocycles. The third-order valence-electron chi connectivity index (χ3n) is 1.76. The first-order valence-corrected chi connectivity index (χ1v) is 5.39. The number of hydrogen-bond donors (Lipinski definition) is 1. The van der Waals surface area contributed by atoms with Crippen LogP contribution >= 0.6 is 0 Å². The number of phenols is 1. The summed E-state index contributed by atoms with van der Waals surface area (Å²) in [4.78, 5) is 30.7. The summed E-state index contributed by atoms with van der Waals surface area (Å²) < 4.78 is 4.49. The van der Waals surface area contributed by atoms with Crippen LogP contribution in [0.15, 0.2) is 24.3 Å². The maximum Gasteiger partial charge on any atom is 0.313 e. The second-order valence-corrected chi connectivity index (χ2v) is 3.36. The van der Waals surface area contributed by atoms with Crippen molar-refractivity contribution >= 4 is 18.0 Å². The van der Waals surface area contributed by atoms with E-state index in [4.69, 9.17) is 5.11 Å². The number of ether oxygens (including phenoxy) is 1. The molecule has 1 rings (SSSR count). The van der Waals surface area contributed by atoms with Gasteiger partial charge in [0.1, 0.15) is 18.0 Å². The van der Waals surface area contributed by atoms with Gasteiger partial charge in [-0.25, -0.2) is 0 Å². The molecule has 0 atom stereocenters. The van der Waals surface area contributed by atoms with E-state index in [2.05, 4.69) is 4.74 Å². The quantitative estimate of drug-likeness (QED) is 0.501. The Hall–Kier alpha value is -2.17. The average Bonchev–Trinajstić information content (AvgIpc) is 2.30. The molecule has 0 saturated heterocycles. The van der Waals surface area contributed by atoms with E-state index in [1.54, 1.807) is 25.1 Å². The van der Waals surface area contributed by atoms with Gasteiger partial charge < -0.3 is 9.84 Å². The summed E-state index contributed by atoms with van der Waals surface area (Å²) in [5.74, 6) is -0.564. The van der Waals surface area contributed by atoms with Crippen LogP contribution in [0, 0.1) is 0 Å². The summed E-state index contributed by atoms with van der Waals surface area (Å²) in [5.41, 5.74) is 0.331. The maximum absolute atomic E-state index is 10.4. The molecule has 1 aromatic rings. The van der Waals surface area contributed by atoms with Crippen LogP contribution in [0.3, 0.4) is 0 Å². The molecule has 0 aliphatic rings. The SMILES string of the molecule is CCOC(=O)CC(C)=O.O=Cc1ccccc1O. The van der Waals surface area contributed by atoms with E-state index >= 15 is 0 Å². The lowest BCUT2D eigenvalue weighted by atomic mass is 10.2. The van der Waals surface area contributed by atoms with Crippen LogP contribution in [0.2, 0.25) is 0 Å². The Kier molecular flexibility index (Phi) is 7.85. The standard InChI is InChI=1S/C7H6O2.C6H10O3/c8-5-6-3-1-2-4-7(6)9;1-3-9-6(8)4-5(2)7/h1-5,9H;3-4H2,1-2H3. The van der Waals surface area contributed by atoms with Gasteiger partial charge in [-0.15, -0.1) is 0 Å². The van der Waals surface area contributed by atoms with Crippen LogP contribution < -0.4 is 0 Å². The smallest absolute Gasteiger partial charge is 0.313 e. The van der Waals surface area contributed by atoms with E-state index in [-0.39, 0.29) is 18.0 Å². The van der Waals surface area contributed by atoms with Crippen molar-refractivity contribution in [1.29, 1.82) is 0 Å². The predicted molar refractivity (Wildman–Crippen MR) is 65.4 cm³/mol. The Morgan fingerprint density at radius 2 is 1.94 bits per heavy atom. The molecule has 18 heavy (non-hydrogen) atoms. The zero-order valence-electron chi connectivity index (χ0n) is 10.4. The number of aldehydes is 1. The van der Waals surface area contributed by atoms with E-state index in [0.717, 1.165) is 0 Å². The summed E-state index contributed by atoms with van der Waals surface area (Å²) in [6, 6.07) is 6.40. The number of rotatable bonds is 4. The normalized spacial score (nSPS) is 8.78. The molecule has 5 nitrogen and oxygen atoms in total. The van der Waals surface area contributed by atoms with Gasteiger partial charge in [0, 0.05) is 0 Å². The van der Waals surface area contributed by atoms with E-state index in [9.17, 15) is 14.4 Å². The molecule has 5 heteroatoms. The van der Waals surface area contributed by atoms with Gasteiger partial charge in [-0.05, 0) is 26.0 Å². The molecule has 1 N–H and O–H groups in total. The minimum absolute atomic E-state index is 0.0347. The van der Waals surface area contributed by atoms with Gasteiger partial charge in [-0.1, -0.05) is 12.1 Å². The molecule has 0 aromatic heterocycles. The number of phenolic OH excluding ortho intramolecular Hbond substituents is 1. The second kappa shape index (κ2) is 8.92. The van der Waals surface area contributed by atoms with Gasteiger partial charge >= 0.3 is 5.97 Å². The van der Waals surface area contributed by atoms with Crippen molar-refractivity contribution in [2.75, 3.05) is 6.61 Å². The van der Waals surface area contributed by atoms with Crippen molar-refractivity contribution in [1.82, 2.24) is 0 Å². The Labute approximate surface area is 105 Å². The molecule has 0 radical (unpaired) electrons. The zero-order valence-corrected chi connectivity index (χ0v) is 10.4. The van der Waals surface area contributed by atoms with Crippen molar-refractivity contribution in [2.24, 2.45) is 0 Å². The number of Topliss-reactive ketones (excluding diaryl/α,β-unsaturated/α-hetero) is 1. The van der Waals surface area contributed by atoms with E-state index < -0.39 is 5.97 Å². The molecule has 0 aliphatic carbocycles. The highest BCUT2D eigenvalue weighted by Crippen LogP contribution is 2.11. The van der Waals surface area contributed by atoms with E-state index in [1.165, 1.54) is 13.0 Å². The van der Waals surface area contributed by atoms with Crippen LogP contribution in [0.1, 0.15) is 30.6 Å².